The number of benzene rings is 1. The second-order valence-corrected chi connectivity index (χ2v) is 4.52. The highest BCUT2D eigenvalue weighted by Gasteiger charge is 2.21. The zero-order chi connectivity index (χ0) is 11.5. The Morgan fingerprint density at radius 2 is 1.94 bits per heavy atom. The Morgan fingerprint density at radius 1 is 1.31 bits per heavy atom. The summed E-state index contributed by atoms with van der Waals surface area (Å²) in [5, 5.41) is 0. The van der Waals surface area contributed by atoms with Gasteiger partial charge < -0.3 is 4.90 Å². The summed E-state index contributed by atoms with van der Waals surface area (Å²) in [6.07, 6.45) is 2.04. The van der Waals surface area contributed by atoms with Crippen molar-refractivity contribution in [1.29, 1.82) is 0 Å². The zero-order valence-electron chi connectivity index (χ0n) is 9.75. The molecule has 86 valence electrons. The SMILES string of the molecule is C=C(C)N1CCC(c2ccccc2F)CC1. The van der Waals surface area contributed by atoms with Crippen LogP contribution in [0.5, 0.6) is 0 Å². The van der Waals surface area contributed by atoms with E-state index in [9.17, 15) is 4.39 Å². The molecular weight excluding hydrogens is 201 g/mol. The monoisotopic (exact) mass is 219 g/mol. The quantitative estimate of drug-likeness (QED) is 0.735. The molecule has 0 spiro atoms. The Hall–Kier alpha value is -1.31. The molecule has 0 saturated carbocycles. The Kier molecular flexibility index (Phi) is 3.28. The third-order valence-electron chi connectivity index (χ3n) is 3.38. The summed E-state index contributed by atoms with van der Waals surface area (Å²) in [6, 6.07) is 7.14. The second kappa shape index (κ2) is 4.69. The fourth-order valence-corrected chi connectivity index (χ4v) is 2.38. The Morgan fingerprint density at radius 3 is 2.50 bits per heavy atom. The van der Waals surface area contributed by atoms with Crippen molar-refractivity contribution in [2.45, 2.75) is 25.7 Å². The van der Waals surface area contributed by atoms with Crippen molar-refractivity contribution in [2.24, 2.45) is 0 Å². The van der Waals surface area contributed by atoms with Gasteiger partial charge in [0.05, 0.1) is 0 Å². The standard InChI is InChI=1S/C14H18FN/c1-11(2)16-9-7-12(8-10-16)13-5-3-4-6-14(13)15/h3-6,12H,1,7-10H2,2H3. The maximum Gasteiger partial charge on any atom is 0.126 e. The molecule has 1 saturated heterocycles. The van der Waals surface area contributed by atoms with E-state index in [4.69, 9.17) is 0 Å². The summed E-state index contributed by atoms with van der Waals surface area (Å²) in [7, 11) is 0. The van der Waals surface area contributed by atoms with E-state index in [0.29, 0.717) is 5.92 Å². The van der Waals surface area contributed by atoms with Crippen molar-refractivity contribution in [3.05, 3.63) is 47.9 Å². The van der Waals surface area contributed by atoms with Gasteiger partial charge >= 0.3 is 0 Å². The van der Waals surface area contributed by atoms with Gasteiger partial charge in [-0.05, 0) is 37.3 Å². The predicted octanol–water partition coefficient (Wildman–Crippen LogP) is 3.54. The predicted molar refractivity (Wildman–Crippen MR) is 64.8 cm³/mol. The minimum Gasteiger partial charge on any atom is -0.375 e. The molecule has 0 N–H and O–H groups in total. The summed E-state index contributed by atoms with van der Waals surface area (Å²) in [6.45, 7) is 7.97. The molecule has 0 atom stereocenters. The third kappa shape index (κ3) is 2.26. The number of allylic oxidation sites excluding steroid dienone is 1. The van der Waals surface area contributed by atoms with Crippen LogP contribution in [0.1, 0.15) is 31.2 Å². The first-order valence-electron chi connectivity index (χ1n) is 5.83. The van der Waals surface area contributed by atoms with Gasteiger partial charge in [-0.25, -0.2) is 4.39 Å². The number of hydrogen-bond acceptors (Lipinski definition) is 1. The maximum atomic E-state index is 13.6. The van der Waals surface area contributed by atoms with E-state index in [0.717, 1.165) is 37.2 Å². The first kappa shape index (κ1) is 11.2. The first-order valence-corrected chi connectivity index (χ1v) is 5.83. The largest absolute Gasteiger partial charge is 0.375 e. The molecule has 0 bridgehead atoms. The molecule has 1 nitrogen and oxygen atoms in total. The highest BCUT2D eigenvalue weighted by atomic mass is 19.1. The highest BCUT2D eigenvalue weighted by molar-refractivity contribution is 5.22. The van der Waals surface area contributed by atoms with Crippen LogP contribution >= 0.6 is 0 Å². The van der Waals surface area contributed by atoms with E-state index in [-0.39, 0.29) is 5.82 Å². The summed E-state index contributed by atoms with van der Waals surface area (Å²) in [5.41, 5.74) is 2.00. The van der Waals surface area contributed by atoms with Crippen molar-refractivity contribution in [3.63, 3.8) is 0 Å². The fraction of sp³-hybridized carbons (Fsp3) is 0.429. The number of hydrogen-bond donors (Lipinski definition) is 0. The first-order chi connectivity index (χ1) is 7.68. The van der Waals surface area contributed by atoms with Crippen molar-refractivity contribution < 1.29 is 4.39 Å². The summed E-state index contributed by atoms with van der Waals surface area (Å²) in [4.78, 5) is 2.28. The molecule has 1 fully saturated rings. The van der Waals surface area contributed by atoms with Gasteiger partial charge in [0.25, 0.3) is 0 Å². The Bertz CT molecular complexity index is 378. The molecule has 0 aliphatic carbocycles. The molecule has 2 heteroatoms. The van der Waals surface area contributed by atoms with E-state index in [1.165, 1.54) is 0 Å². The van der Waals surface area contributed by atoms with Crippen molar-refractivity contribution in [3.8, 4) is 0 Å². The zero-order valence-corrected chi connectivity index (χ0v) is 9.75. The summed E-state index contributed by atoms with van der Waals surface area (Å²) in [5.74, 6) is 0.313. The maximum absolute atomic E-state index is 13.6. The van der Waals surface area contributed by atoms with Gasteiger partial charge in [-0.1, -0.05) is 24.8 Å². The molecule has 1 aliphatic heterocycles. The molecular formula is C14H18FN. The van der Waals surface area contributed by atoms with Crippen LogP contribution in [-0.2, 0) is 0 Å². The van der Waals surface area contributed by atoms with Gasteiger partial charge in [-0.2, -0.15) is 0 Å². The lowest BCUT2D eigenvalue weighted by Gasteiger charge is -2.34. The molecule has 0 amide bonds. The van der Waals surface area contributed by atoms with Crippen LogP contribution in [0, 0.1) is 5.82 Å². The van der Waals surface area contributed by atoms with E-state index < -0.39 is 0 Å². The van der Waals surface area contributed by atoms with Crippen LogP contribution < -0.4 is 0 Å². The Labute approximate surface area is 96.6 Å². The van der Waals surface area contributed by atoms with Gasteiger partial charge in [0.2, 0.25) is 0 Å². The summed E-state index contributed by atoms with van der Waals surface area (Å²) >= 11 is 0. The molecule has 1 heterocycles. The number of piperidine rings is 1. The van der Waals surface area contributed by atoms with Crippen molar-refractivity contribution in [2.75, 3.05) is 13.1 Å². The average Bonchev–Trinajstić information content (AvgIpc) is 2.30. The van der Waals surface area contributed by atoms with Crippen molar-refractivity contribution in [1.82, 2.24) is 4.90 Å². The summed E-state index contributed by atoms with van der Waals surface area (Å²) < 4.78 is 13.6. The number of rotatable bonds is 2. The van der Waals surface area contributed by atoms with E-state index in [1.54, 1.807) is 12.1 Å². The van der Waals surface area contributed by atoms with Gasteiger partial charge in [-0.15, -0.1) is 0 Å². The number of likely N-dealkylation sites (tertiary alicyclic amines) is 1. The van der Waals surface area contributed by atoms with Crippen LogP contribution in [0.2, 0.25) is 0 Å². The smallest absolute Gasteiger partial charge is 0.126 e. The van der Waals surface area contributed by atoms with Gasteiger partial charge in [0.15, 0.2) is 0 Å². The Balaban J connectivity index is 2.05. The van der Waals surface area contributed by atoms with Crippen LogP contribution in [0.15, 0.2) is 36.5 Å². The van der Waals surface area contributed by atoms with Crippen LogP contribution in [0.3, 0.4) is 0 Å². The highest BCUT2D eigenvalue weighted by Crippen LogP contribution is 2.30. The van der Waals surface area contributed by atoms with E-state index >= 15 is 0 Å². The lowest BCUT2D eigenvalue weighted by atomic mass is 9.89. The lowest BCUT2D eigenvalue weighted by molar-refractivity contribution is 0.262. The molecule has 1 aliphatic rings. The topological polar surface area (TPSA) is 3.24 Å². The molecule has 1 aromatic rings. The number of nitrogens with zero attached hydrogens (tertiary/aromatic N) is 1. The third-order valence-corrected chi connectivity index (χ3v) is 3.38. The number of halogens is 1. The van der Waals surface area contributed by atoms with Crippen LogP contribution in [-0.4, -0.2) is 18.0 Å². The average molecular weight is 219 g/mol. The van der Waals surface area contributed by atoms with E-state index in [2.05, 4.69) is 11.5 Å². The van der Waals surface area contributed by atoms with Gasteiger partial charge in [0, 0.05) is 18.8 Å². The molecule has 2 rings (SSSR count). The van der Waals surface area contributed by atoms with E-state index in [1.807, 2.05) is 19.1 Å². The second-order valence-electron chi connectivity index (χ2n) is 4.52. The molecule has 0 radical (unpaired) electrons. The normalized spacial score (nSPS) is 17.5. The molecule has 1 aromatic carbocycles. The lowest BCUT2D eigenvalue weighted by Crippen LogP contribution is -2.31. The molecule has 0 unspecified atom stereocenters. The molecule has 0 aromatic heterocycles. The van der Waals surface area contributed by atoms with Gasteiger partial charge in [-0.3, -0.25) is 0 Å². The van der Waals surface area contributed by atoms with Crippen LogP contribution in [0.4, 0.5) is 4.39 Å². The van der Waals surface area contributed by atoms with Crippen molar-refractivity contribution >= 4 is 0 Å². The minimum absolute atomic E-state index is 0.0590. The molecule has 16 heavy (non-hydrogen) atoms. The van der Waals surface area contributed by atoms with Crippen LogP contribution in [0.25, 0.3) is 0 Å². The fourth-order valence-electron chi connectivity index (χ4n) is 2.38. The van der Waals surface area contributed by atoms with Gasteiger partial charge in [0.1, 0.15) is 5.82 Å². The minimum atomic E-state index is -0.0590.